The first kappa shape index (κ1) is 28.4. The molecule has 0 aliphatic rings. The minimum Gasteiger partial charge on any atom is -0.748 e. The van der Waals surface area contributed by atoms with Gasteiger partial charge in [0.2, 0.25) is 0 Å². The van der Waals surface area contributed by atoms with Gasteiger partial charge in [0, 0.05) is 0 Å². The fraction of sp³-hybridized carbons (Fsp3) is 1.00. The van der Waals surface area contributed by atoms with Crippen LogP contribution in [0.25, 0.3) is 0 Å². The zero-order chi connectivity index (χ0) is 20.1. The zero-order valence-electron chi connectivity index (χ0n) is 13.0. The van der Waals surface area contributed by atoms with E-state index in [1.165, 1.54) is 0 Å². The first-order valence-electron chi connectivity index (χ1n) is 6.50. The van der Waals surface area contributed by atoms with E-state index in [4.69, 9.17) is 0 Å². The first-order valence-corrected chi connectivity index (χ1v) is 8.08. The number of rotatable bonds is 11. The Hall–Kier alpha value is 0.210. The molecule has 0 saturated carbocycles. The maximum atomic E-state index is 13.3. The Labute approximate surface area is 164 Å². The van der Waals surface area contributed by atoms with Gasteiger partial charge in [0.15, 0.2) is 49.4 Å². The Morgan fingerprint density at radius 2 is 0.885 bits per heavy atom. The summed E-state index contributed by atoms with van der Waals surface area (Å²) >= 11 is 0. The predicted octanol–water partition coefficient (Wildman–Crippen LogP) is -0.452. The van der Waals surface area contributed by atoms with Gasteiger partial charge in [-0.2, -0.15) is 0 Å². The molecule has 9 unspecified atom stereocenters. The average molecular weight is 438 g/mol. The Balaban J connectivity index is 0. The molecular weight excluding hydrogens is 425 g/mol. The zero-order valence-corrected chi connectivity index (χ0v) is 15.8. The van der Waals surface area contributed by atoms with Gasteiger partial charge in [-0.15, -0.1) is 0 Å². The third-order valence-electron chi connectivity index (χ3n) is 3.03. The van der Waals surface area contributed by atoms with E-state index >= 15 is 0 Å². The molecule has 0 aliphatic heterocycles. The number of alkyl halides is 10. The van der Waals surface area contributed by atoms with E-state index in [2.05, 4.69) is 0 Å². The topological polar surface area (TPSA) is 57.2 Å². The third kappa shape index (κ3) is 8.48. The van der Waals surface area contributed by atoms with Crippen LogP contribution in [0.2, 0.25) is 0 Å². The summed E-state index contributed by atoms with van der Waals surface area (Å²) in [7, 11) is -5.41. The average Bonchev–Trinajstić information content (AvgIpc) is 2.54. The fourth-order valence-electron chi connectivity index (χ4n) is 1.65. The largest absolute Gasteiger partial charge is 1.00 e. The quantitative estimate of drug-likeness (QED) is 0.250. The molecule has 0 aliphatic carbocycles. The molecule has 0 N–H and O–H groups in total. The number of hydrogen-bond acceptors (Lipinski definition) is 3. The second kappa shape index (κ2) is 11.9. The number of hydrogen-bond donors (Lipinski definition) is 0. The molecule has 0 aromatic rings. The minimum atomic E-state index is -5.41. The van der Waals surface area contributed by atoms with Crippen molar-refractivity contribution in [3.63, 3.8) is 0 Å². The summed E-state index contributed by atoms with van der Waals surface area (Å²) in [6.07, 6.45) is -33.5. The van der Waals surface area contributed by atoms with E-state index in [0.29, 0.717) is 0 Å². The molecule has 0 bridgehead atoms. The van der Waals surface area contributed by atoms with Crippen molar-refractivity contribution < 1.29 is 86.4 Å². The Bertz CT molecular complexity index is 501. The third-order valence-corrected chi connectivity index (χ3v) is 3.75. The molecular formula is C11H13F10NaO3S. The monoisotopic (exact) mass is 438 g/mol. The van der Waals surface area contributed by atoms with Gasteiger partial charge < -0.3 is 4.55 Å². The number of halogens is 10. The van der Waals surface area contributed by atoms with Gasteiger partial charge >= 0.3 is 29.6 Å². The molecule has 0 fully saturated rings. The summed E-state index contributed by atoms with van der Waals surface area (Å²) in [4.78, 5) is 0. The van der Waals surface area contributed by atoms with Crippen LogP contribution >= 0.6 is 0 Å². The van der Waals surface area contributed by atoms with E-state index in [-0.39, 0.29) is 29.6 Å². The second-order valence-corrected chi connectivity index (χ2v) is 6.47. The van der Waals surface area contributed by atoms with E-state index in [9.17, 15) is 56.9 Å². The summed E-state index contributed by atoms with van der Waals surface area (Å²) in [5.41, 5.74) is 0. The van der Waals surface area contributed by atoms with Crippen LogP contribution in [0.15, 0.2) is 0 Å². The van der Waals surface area contributed by atoms with Gasteiger partial charge in [-0.1, -0.05) is 0 Å². The van der Waals surface area contributed by atoms with Crippen molar-refractivity contribution >= 4 is 10.1 Å². The Morgan fingerprint density at radius 1 is 0.615 bits per heavy atom. The molecule has 0 radical (unpaired) electrons. The Morgan fingerprint density at radius 3 is 1.15 bits per heavy atom. The molecule has 9 atom stereocenters. The van der Waals surface area contributed by atoms with Crippen molar-refractivity contribution in [1.82, 2.24) is 0 Å². The van der Waals surface area contributed by atoms with Crippen LogP contribution in [0, 0.1) is 0 Å². The van der Waals surface area contributed by atoms with Crippen LogP contribution in [0.3, 0.4) is 0 Å². The summed E-state index contributed by atoms with van der Waals surface area (Å²) < 4.78 is 160. The smallest absolute Gasteiger partial charge is 0.748 e. The maximum Gasteiger partial charge on any atom is 1.00 e. The summed E-state index contributed by atoms with van der Waals surface area (Å²) in [6.45, 7) is -2.13. The van der Waals surface area contributed by atoms with Gasteiger partial charge in [-0.25, -0.2) is 52.3 Å². The molecule has 0 heterocycles. The van der Waals surface area contributed by atoms with Crippen LogP contribution in [0.5, 0.6) is 0 Å². The van der Waals surface area contributed by atoms with E-state index in [1.54, 1.807) is 0 Å². The van der Waals surface area contributed by atoms with Crippen molar-refractivity contribution in [2.45, 2.75) is 55.5 Å². The van der Waals surface area contributed by atoms with Crippen molar-refractivity contribution in [3.8, 4) is 0 Å². The molecule has 0 aromatic carbocycles. The standard InChI is InChI=1S/C11H14F10O3S.Na/c12-1-3(13)5(15)7(17)9(19)11(21)10(20)8(18)6(16)4(14)2-25(22,23)24;/h3-11H,1-2H2,(H,22,23,24);/q;+1/p-1. The molecule has 3 nitrogen and oxygen atoms in total. The first-order chi connectivity index (χ1) is 11.2. The molecule has 15 heteroatoms. The van der Waals surface area contributed by atoms with Gasteiger partial charge in [-0.05, 0) is 0 Å². The molecule has 0 rings (SSSR count). The predicted molar refractivity (Wildman–Crippen MR) is 64.6 cm³/mol. The van der Waals surface area contributed by atoms with Crippen molar-refractivity contribution in [3.05, 3.63) is 0 Å². The molecule has 0 aromatic heterocycles. The van der Waals surface area contributed by atoms with Gasteiger partial charge in [-0.3, -0.25) is 0 Å². The maximum absolute atomic E-state index is 13.3. The van der Waals surface area contributed by atoms with Crippen molar-refractivity contribution in [2.75, 3.05) is 12.4 Å². The van der Waals surface area contributed by atoms with E-state index in [0.717, 1.165) is 0 Å². The van der Waals surface area contributed by atoms with Crippen LogP contribution in [0.1, 0.15) is 0 Å². The van der Waals surface area contributed by atoms with E-state index < -0.39 is 78.1 Å². The molecule has 26 heavy (non-hydrogen) atoms. The molecule has 152 valence electrons. The molecule has 0 amide bonds. The van der Waals surface area contributed by atoms with Crippen LogP contribution in [-0.2, 0) is 10.1 Å². The van der Waals surface area contributed by atoms with Crippen LogP contribution in [0.4, 0.5) is 43.9 Å². The SMILES string of the molecule is O=S(=O)([O-])CC(F)C(F)C(F)C(F)C(F)C(F)C(F)C(F)C(F)CF.[Na+]. The molecule has 0 spiro atoms. The van der Waals surface area contributed by atoms with Crippen molar-refractivity contribution in [1.29, 1.82) is 0 Å². The normalized spacial score (nSPS) is 22.9. The van der Waals surface area contributed by atoms with Gasteiger partial charge in [0.1, 0.15) is 12.8 Å². The van der Waals surface area contributed by atoms with Gasteiger partial charge in [0.25, 0.3) is 0 Å². The molecule has 0 saturated heterocycles. The van der Waals surface area contributed by atoms with Gasteiger partial charge in [0.05, 0.1) is 15.9 Å². The summed E-state index contributed by atoms with van der Waals surface area (Å²) in [5.74, 6) is -2.14. The van der Waals surface area contributed by atoms with Crippen molar-refractivity contribution in [2.24, 2.45) is 0 Å². The van der Waals surface area contributed by atoms with Crippen LogP contribution in [-0.4, -0.2) is 80.9 Å². The van der Waals surface area contributed by atoms with E-state index in [1.807, 2.05) is 0 Å². The van der Waals surface area contributed by atoms with Crippen LogP contribution < -0.4 is 29.6 Å². The summed E-state index contributed by atoms with van der Waals surface area (Å²) in [5, 5.41) is 0. The minimum absolute atomic E-state index is 0. The second-order valence-electron chi connectivity index (χ2n) is 5.02. The fourth-order valence-corrected chi connectivity index (χ4v) is 2.22. The Kier molecular flexibility index (Phi) is 13.0. The summed E-state index contributed by atoms with van der Waals surface area (Å²) in [6, 6.07) is 0.